The highest BCUT2D eigenvalue weighted by atomic mass is 32.2. The lowest BCUT2D eigenvalue weighted by Crippen LogP contribution is -2.28. The van der Waals surface area contributed by atoms with Crippen molar-refractivity contribution in [1.82, 2.24) is 19.8 Å². The summed E-state index contributed by atoms with van der Waals surface area (Å²) in [7, 11) is 0. The third-order valence-corrected chi connectivity index (χ3v) is 7.59. The number of ether oxygens (including phenoxy) is 1. The van der Waals surface area contributed by atoms with Crippen LogP contribution in [-0.2, 0) is 11.3 Å². The van der Waals surface area contributed by atoms with Crippen molar-refractivity contribution in [3.05, 3.63) is 57.8 Å². The van der Waals surface area contributed by atoms with Crippen molar-refractivity contribution in [2.45, 2.75) is 11.1 Å². The lowest BCUT2D eigenvalue weighted by atomic mass is 10.2. The van der Waals surface area contributed by atoms with Crippen LogP contribution in [0.25, 0.3) is 5.00 Å². The van der Waals surface area contributed by atoms with Crippen LogP contribution in [0.3, 0.4) is 0 Å². The first-order valence-electron chi connectivity index (χ1n) is 7.81. The summed E-state index contributed by atoms with van der Waals surface area (Å²) in [6.45, 7) is -0.291. The smallest absolute Gasteiger partial charge is 0.369 e. The Bertz CT molecular complexity index is 944. The van der Waals surface area contributed by atoms with Crippen molar-refractivity contribution in [2.24, 2.45) is 0 Å². The van der Waals surface area contributed by atoms with E-state index in [1.807, 2.05) is 47.1 Å². The molecule has 4 rings (SSSR count). The number of thioether (sulfide) groups is 2. The molecule has 2 aromatic heterocycles. The van der Waals surface area contributed by atoms with E-state index in [4.69, 9.17) is 4.74 Å². The summed E-state index contributed by atoms with van der Waals surface area (Å²) in [4.78, 5) is 24.3. The molecule has 134 valence electrons. The van der Waals surface area contributed by atoms with Crippen LogP contribution in [0.15, 0.2) is 46.6 Å². The minimum absolute atomic E-state index is 0.291. The fraction of sp³-hybridized carbons (Fsp3) is 0.250. The predicted octanol–water partition coefficient (Wildman–Crippen LogP) is 2.57. The van der Waals surface area contributed by atoms with Crippen LogP contribution < -0.4 is 10.4 Å². The minimum atomic E-state index is -0.567. The Morgan fingerprint density at radius 2 is 1.92 bits per heavy atom. The second-order valence-corrected chi connectivity index (χ2v) is 9.05. The number of hydrogen-bond acceptors (Lipinski definition) is 8. The fourth-order valence-electron chi connectivity index (χ4n) is 2.43. The Balaban J connectivity index is 1.40. The van der Waals surface area contributed by atoms with Gasteiger partial charge >= 0.3 is 11.7 Å². The molecule has 0 amide bonds. The van der Waals surface area contributed by atoms with Crippen molar-refractivity contribution < 1.29 is 9.53 Å². The van der Waals surface area contributed by atoms with Crippen molar-refractivity contribution in [3.63, 3.8) is 0 Å². The summed E-state index contributed by atoms with van der Waals surface area (Å²) in [6, 6.07) is 11.1. The van der Waals surface area contributed by atoms with Crippen LogP contribution in [0.2, 0.25) is 0 Å². The Morgan fingerprint density at radius 1 is 1.15 bits per heavy atom. The van der Waals surface area contributed by atoms with E-state index < -0.39 is 11.7 Å². The monoisotopic (exact) mass is 406 g/mol. The van der Waals surface area contributed by atoms with Gasteiger partial charge in [-0.05, 0) is 45.6 Å². The minimum Gasteiger partial charge on any atom is -0.425 e. The first-order chi connectivity index (χ1) is 12.7. The molecule has 1 aliphatic rings. The van der Waals surface area contributed by atoms with Gasteiger partial charge in [-0.2, -0.15) is 9.36 Å². The molecule has 0 aliphatic carbocycles. The fourth-order valence-corrected chi connectivity index (χ4v) is 5.96. The number of tetrazole rings is 1. The van der Waals surface area contributed by atoms with Gasteiger partial charge in [0.15, 0.2) is 0 Å². The van der Waals surface area contributed by atoms with E-state index in [1.165, 1.54) is 16.9 Å². The molecular weight excluding hydrogens is 392 g/mol. The number of aromatic nitrogens is 4. The molecule has 0 spiro atoms. The topological polar surface area (TPSA) is 79.0 Å². The highest BCUT2D eigenvalue weighted by Crippen LogP contribution is 2.45. The molecular formula is C16H14N4O3S3. The van der Waals surface area contributed by atoms with Crippen LogP contribution in [0.4, 0.5) is 0 Å². The third kappa shape index (κ3) is 3.71. The van der Waals surface area contributed by atoms with Crippen LogP contribution >= 0.6 is 34.9 Å². The average Bonchev–Trinajstić information content (AvgIpc) is 3.39. The van der Waals surface area contributed by atoms with Crippen LogP contribution in [0, 0.1) is 0 Å². The second kappa shape index (κ2) is 7.68. The first kappa shape index (κ1) is 17.4. The second-order valence-electron chi connectivity index (χ2n) is 5.40. The van der Waals surface area contributed by atoms with E-state index in [-0.39, 0.29) is 6.54 Å². The van der Waals surface area contributed by atoms with Gasteiger partial charge in [-0.3, -0.25) is 0 Å². The van der Waals surface area contributed by atoms with Gasteiger partial charge in [0.1, 0.15) is 17.3 Å². The molecule has 7 nitrogen and oxygen atoms in total. The zero-order valence-corrected chi connectivity index (χ0v) is 15.9. The van der Waals surface area contributed by atoms with Gasteiger partial charge in [0.2, 0.25) is 0 Å². The highest BCUT2D eigenvalue weighted by molar-refractivity contribution is 8.19. The zero-order valence-electron chi connectivity index (χ0n) is 13.5. The normalized spacial score (nSPS) is 14.6. The molecule has 1 aromatic carbocycles. The highest BCUT2D eigenvalue weighted by Gasteiger charge is 2.18. The number of thiophene rings is 1. The summed E-state index contributed by atoms with van der Waals surface area (Å²) >= 11 is 5.20. The van der Waals surface area contributed by atoms with Gasteiger partial charge in [0.25, 0.3) is 0 Å². The molecule has 3 heterocycles. The molecule has 0 saturated carbocycles. The lowest BCUT2D eigenvalue weighted by molar-refractivity contribution is -0.135. The van der Waals surface area contributed by atoms with Gasteiger partial charge in [0.05, 0.1) is 4.58 Å². The molecule has 1 aliphatic heterocycles. The number of benzene rings is 1. The molecule has 1 saturated heterocycles. The number of carbonyl (C=O) groups is 1. The number of nitrogens with zero attached hydrogens (tertiary/aromatic N) is 4. The molecule has 1 fully saturated rings. The Hall–Kier alpha value is -2.04. The quantitative estimate of drug-likeness (QED) is 0.476. The maximum atomic E-state index is 12.2. The van der Waals surface area contributed by atoms with E-state index >= 15 is 0 Å². The molecule has 0 N–H and O–H groups in total. The summed E-state index contributed by atoms with van der Waals surface area (Å²) in [6.07, 6.45) is 0. The Labute approximate surface area is 161 Å². The van der Waals surface area contributed by atoms with E-state index in [1.54, 1.807) is 18.2 Å². The van der Waals surface area contributed by atoms with Crippen molar-refractivity contribution in [2.75, 3.05) is 11.5 Å². The number of hydrogen-bond donors (Lipinski definition) is 0. The van der Waals surface area contributed by atoms with Crippen molar-refractivity contribution >= 4 is 40.8 Å². The molecule has 0 unspecified atom stereocenters. The van der Waals surface area contributed by atoms with Gasteiger partial charge < -0.3 is 4.74 Å². The summed E-state index contributed by atoms with van der Waals surface area (Å²) < 4.78 is 7.90. The number of carbonyl (C=O) groups excluding carboxylic acids is 1. The molecule has 0 bridgehead atoms. The third-order valence-electron chi connectivity index (χ3n) is 3.64. The van der Waals surface area contributed by atoms with Gasteiger partial charge in [-0.1, -0.05) is 12.1 Å². The maximum absolute atomic E-state index is 12.2. The van der Waals surface area contributed by atoms with Crippen molar-refractivity contribution in [1.29, 1.82) is 0 Å². The number of esters is 1. The SMILES string of the molecule is O=C(Cn1nnn(-c2cccs2)c1=O)Oc1ccc(C2SCCS2)cc1. The molecule has 3 aromatic rings. The summed E-state index contributed by atoms with van der Waals surface area (Å²) in [5.74, 6) is 2.20. The largest absolute Gasteiger partial charge is 0.425 e. The average molecular weight is 407 g/mol. The van der Waals surface area contributed by atoms with Gasteiger partial charge in [0, 0.05) is 11.5 Å². The Kier molecular flexibility index (Phi) is 5.14. The maximum Gasteiger partial charge on any atom is 0.369 e. The Morgan fingerprint density at radius 3 is 2.62 bits per heavy atom. The van der Waals surface area contributed by atoms with E-state index in [0.29, 0.717) is 15.3 Å². The van der Waals surface area contributed by atoms with Crippen molar-refractivity contribution in [3.8, 4) is 10.8 Å². The zero-order chi connectivity index (χ0) is 17.9. The summed E-state index contributed by atoms with van der Waals surface area (Å²) in [5.41, 5.74) is 0.738. The molecule has 26 heavy (non-hydrogen) atoms. The standard InChI is InChI=1S/C16H14N4O3S3/c21-14(10-19-16(22)20(18-17-19)13-2-1-7-24-13)23-12-5-3-11(4-6-12)15-25-8-9-26-15/h1-7,15H,8-10H2. The van der Waals surface area contributed by atoms with Crippen LogP contribution in [0.1, 0.15) is 10.1 Å². The van der Waals surface area contributed by atoms with Crippen LogP contribution in [0.5, 0.6) is 5.75 Å². The first-order valence-corrected chi connectivity index (χ1v) is 10.8. The summed E-state index contributed by atoms with van der Waals surface area (Å²) in [5, 5.41) is 10.0. The molecule has 0 atom stereocenters. The van der Waals surface area contributed by atoms with E-state index in [0.717, 1.165) is 20.9 Å². The predicted molar refractivity (Wildman–Crippen MR) is 103 cm³/mol. The van der Waals surface area contributed by atoms with Crippen LogP contribution in [-0.4, -0.2) is 37.3 Å². The lowest BCUT2D eigenvalue weighted by Gasteiger charge is -2.09. The molecule has 10 heteroatoms. The van der Waals surface area contributed by atoms with E-state index in [9.17, 15) is 9.59 Å². The molecule has 0 radical (unpaired) electrons. The van der Waals surface area contributed by atoms with Gasteiger partial charge in [-0.15, -0.1) is 34.9 Å². The number of rotatable bonds is 5. The van der Waals surface area contributed by atoms with Gasteiger partial charge in [-0.25, -0.2) is 9.59 Å². The van der Waals surface area contributed by atoms with E-state index in [2.05, 4.69) is 10.4 Å².